The number of phenols is 1. The first-order valence-electron chi connectivity index (χ1n) is 12.1. The molecule has 1 N–H and O–H groups in total. The topological polar surface area (TPSA) is 72.8 Å². The van der Waals surface area contributed by atoms with E-state index in [0.29, 0.717) is 6.42 Å². The highest BCUT2D eigenvalue weighted by Crippen LogP contribution is 2.27. The van der Waals surface area contributed by atoms with Gasteiger partial charge in [0.05, 0.1) is 0 Å². The van der Waals surface area contributed by atoms with Gasteiger partial charge in [-0.3, -0.25) is 9.59 Å². The summed E-state index contributed by atoms with van der Waals surface area (Å²) in [6.45, 7) is 3.39. The summed E-state index contributed by atoms with van der Waals surface area (Å²) in [6, 6.07) is 3.95. The van der Waals surface area contributed by atoms with Crippen molar-refractivity contribution in [2.45, 2.75) is 65.2 Å². The number of allylic oxidation sites excluding steroid dienone is 12. The zero-order chi connectivity index (χ0) is 25.6. The van der Waals surface area contributed by atoms with Gasteiger partial charge in [0.2, 0.25) is 0 Å². The lowest BCUT2D eigenvalue weighted by molar-refractivity contribution is -0.134. The molecule has 0 aliphatic rings. The fourth-order valence-corrected chi connectivity index (χ4v) is 2.86. The molecule has 0 radical (unpaired) electrons. The molecule has 0 spiro atoms. The van der Waals surface area contributed by atoms with Gasteiger partial charge in [-0.1, -0.05) is 79.8 Å². The highest BCUT2D eigenvalue weighted by Gasteiger charge is 2.08. The van der Waals surface area contributed by atoms with E-state index in [2.05, 4.69) is 67.7 Å². The fourth-order valence-electron chi connectivity index (χ4n) is 2.86. The van der Waals surface area contributed by atoms with Crippen molar-refractivity contribution in [3.8, 4) is 17.2 Å². The van der Waals surface area contributed by atoms with Crippen molar-refractivity contribution in [3.05, 3.63) is 91.1 Å². The van der Waals surface area contributed by atoms with Crippen molar-refractivity contribution in [2.75, 3.05) is 0 Å². The number of aromatic hydroxyl groups is 1. The van der Waals surface area contributed by atoms with E-state index in [4.69, 9.17) is 9.47 Å². The van der Waals surface area contributed by atoms with E-state index in [1.807, 2.05) is 12.2 Å². The summed E-state index contributed by atoms with van der Waals surface area (Å²) >= 11 is 0. The van der Waals surface area contributed by atoms with Gasteiger partial charge in [-0.25, -0.2) is 0 Å². The molecule has 188 valence electrons. The van der Waals surface area contributed by atoms with Gasteiger partial charge in [-0.15, -0.1) is 0 Å². The average Bonchev–Trinajstić information content (AvgIpc) is 2.79. The first-order valence-corrected chi connectivity index (χ1v) is 12.1. The minimum absolute atomic E-state index is 0.122. The maximum absolute atomic E-state index is 12.0. The number of hydrogen-bond donors (Lipinski definition) is 1. The van der Waals surface area contributed by atoms with Crippen LogP contribution in [0.25, 0.3) is 0 Å². The Morgan fingerprint density at radius 3 is 1.57 bits per heavy atom. The van der Waals surface area contributed by atoms with Crippen LogP contribution in [0.1, 0.15) is 65.2 Å². The molecule has 0 heterocycles. The van der Waals surface area contributed by atoms with Gasteiger partial charge < -0.3 is 14.6 Å². The summed E-state index contributed by atoms with van der Waals surface area (Å²) in [6.07, 6.45) is 32.1. The van der Waals surface area contributed by atoms with Gasteiger partial charge in [0.1, 0.15) is 17.2 Å². The molecule has 5 nitrogen and oxygen atoms in total. The molecule has 0 aliphatic carbocycles. The van der Waals surface area contributed by atoms with Crippen molar-refractivity contribution < 1.29 is 24.2 Å². The molecule has 5 heteroatoms. The van der Waals surface area contributed by atoms with Gasteiger partial charge in [-0.05, 0) is 44.9 Å². The Hall–Kier alpha value is -3.60. The number of carbonyl (C=O) groups is 2. The molecule has 1 rings (SSSR count). The van der Waals surface area contributed by atoms with Crippen molar-refractivity contribution in [2.24, 2.45) is 0 Å². The van der Waals surface area contributed by atoms with Crippen LogP contribution in [0.3, 0.4) is 0 Å². The van der Waals surface area contributed by atoms with Crippen LogP contribution in [0.2, 0.25) is 0 Å². The lowest BCUT2D eigenvalue weighted by atomic mass is 10.2. The second-order valence-electron chi connectivity index (χ2n) is 7.68. The largest absolute Gasteiger partial charge is 0.508 e. The van der Waals surface area contributed by atoms with Gasteiger partial charge >= 0.3 is 11.9 Å². The first-order chi connectivity index (χ1) is 17.0. The van der Waals surface area contributed by atoms with E-state index in [1.165, 1.54) is 25.1 Å². The summed E-state index contributed by atoms with van der Waals surface area (Å²) in [7, 11) is 0. The van der Waals surface area contributed by atoms with E-state index in [9.17, 15) is 14.7 Å². The molecule has 0 aliphatic heterocycles. The molecule has 0 saturated heterocycles. The highest BCUT2D eigenvalue weighted by atomic mass is 16.5. The molecule has 35 heavy (non-hydrogen) atoms. The number of rotatable bonds is 16. The number of hydrogen-bond acceptors (Lipinski definition) is 5. The Morgan fingerprint density at radius 2 is 1.11 bits per heavy atom. The fraction of sp³-hybridized carbons (Fsp3) is 0.333. The third kappa shape index (κ3) is 17.5. The second-order valence-corrected chi connectivity index (χ2v) is 7.68. The van der Waals surface area contributed by atoms with E-state index in [1.54, 1.807) is 0 Å². The molecule has 0 unspecified atom stereocenters. The zero-order valence-corrected chi connectivity index (χ0v) is 20.9. The van der Waals surface area contributed by atoms with Crippen LogP contribution in [0.4, 0.5) is 0 Å². The van der Waals surface area contributed by atoms with Gasteiger partial charge in [0, 0.05) is 31.5 Å². The Bertz CT molecular complexity index is 932. The van der Waals surface area contributed by atoms with Crippen LogP contribution in [-0.4, -0.2) is 17.0 Å². The smallest absolute Gasteiger partial charge is 0.311 e. The SMILES string of the molecule is CC/C=C\C/C=C\C/C=C\C/C=C\C/C=C\C/C=C\CCC(=O)Oc1cc(O)cc(OC(C)=O)c1. The zero-order valence-electron chi connectivity index (χ0n) is 20.9. The highest BCUT2D eigenvalue weighted by molar-refractivity contribution is 5.73. The molecule has 1 aromatic carbocycles. The van der Waals surface area contributed by atoms with Gasteiger partial charge in [0.15, 0.2) is 0 Å². The lowest BCUT2D eigenvalue weighted by Crippen LogP contribution is -2.07. The van der Waals surface area contributed by atoms with Crippen LogP contribution >= 0.6 is 0 Å². The number of esters is 2. The first kappa shape index (κ1) is 29.4. The number of benzene rings is 1. The van der Waals surface area contributed by atoms with Crippen LogP contribution in [-0.2, 0) is 9.59 Å². The molecule has 0 atom stereocenters. The maximum atomic E-state index is 12.0. The Labute approximate surface area is 209 Å². The molecule has 1 aromatic rings. The predicted octanol–water partition coefficient (Wildman–Crippen LogP) is 7.70. The van der Waals surface area contributed by atoms with Crippen LogP contribution in [0.5, 0.6) is 17.2 Å². The molecule has 0 saturated carbocycles. The monoisotopic (exact) mass is 478 g/mol. The summed E-state index contributed by atoms with van der Waals surface area (Å²) in [4.78, 5) is 23.0. The molecular formula is C30H38O5. The predicted molar refractivity (Wildman–Crippen MR) is 143 cm³/mol. The van der Waals surface area contributed by atoms with Crippen molar-refractivity contribution >= 4 is 11.9 Å². The maximum Gasteiger partial charge on any atom is 0.311 e. The van der Waals surface area contributed by atoms with E-state index >= 15 is 0 Å². The number of carbonyl (C=O) groups excluding carboxylic acids is 2. The minimum atomic E-state index is -0.523. The van der Waals surface area contributed by atoms with Crippen LogP contribution < -0.4 is 9.47 Å². The minimum Gasteiger partial charge on any atom is -0.508 e. The summed E-state index contributed by atoms with van der Waals surface area (Å²) in [5.74, 6) is -0.843. The van der Waals surface area contributed by atoms with E-state index in [-0.39, 0.29) is 23.7 Å². The quantitative estimate of drug-likeness (QED) is 0.150. The lowest BCUT2D eigenvalue weighted by Gasteiger charge is -2.07. The number of phenolic OH excluding ortho intramolecular Hbond substituents is 1. The molecule has 0 fully saturated rings. The van der Waals surface area contributed by atoms with Gasteiger partial charge in [0.25, 0.3) is 0 Å². The summed E-state index contributed by atoms with van der Waals surface area (Å²) < 4.78 is 10.1. The van der Waals surface area contributed by atoms with Crippen molar-refractivity contribution in [3.63, 3.8) is 0 Å². The Kier molecular flexibility index (Phi) is 16.7. The second kappa shape index (κ2) is 19.8. The normalized spacial score (nSPS) is 12.3. The Balaban J connectivity index is 2.13. The third-order valence-corrected chi connectivity index (χ3v) is 4.47. The summed E-state index contributed by atoms with van der Waals surface area (Å²) in [5.41, 5.74) is 0. The van der Waals surface area contributed by atoms with Crippen molar-refractivity contribution in [1.82, 2.24) is 0 Å². The number of ether oxygens (including phenoxy) is 2. The molecule has 0 amide bonds. The third-order valence-electron chi connectivity index (χ3n) is 4.47. The van der Waals surface area contributed by atoms with E-state index in [0.717, 1.165) is 38.5 Å². The van der Waals surface area contributed by atoms with E-state index < -0.39 is 11.9 Å². The molecular weight excluding hydrogens is 440 g/mol. The standard InChI is InChI=1S/C30H38O5/c1-3-4-5-6-7-8-9-10-11-12-13-14-15-16-17-18-19-20-21-22-30(33)35-29-24-27(32)23-28(25-29)34-26(2)31/h4-5,7-8,10-11,13-14,16-17,19-20,23-25,32H,3,6,9,12,15,18,21-22H2,1-2H3/b5-4-,8-7-,11-10-,14-13-,17-16-,20-19-. The van der Waals surface area contributed by atoms with Gasteiger partial charge in [-0.2, -0.15) is 0 Å². The Morgan fingerprint density at radius 1 is 0.686 bits per heavy atom. The molecule has 0 aromatic heterocycles. The van der Waals surface area contributed by atoms with Crippen LogP contribution in [0, 0.1) is 0 Å². The average molecular weight is 479 g/mol. The van der Waals surface area contributed by atoms with Crippen LogP contribution in [0.15, 0.2) is 91.1 Å². The van der Waals surface area contributed by atoms with Crippen molar-refractivity contribution in [1.29, 1.82) is 0 Å². The molecule has 0 bridgehead atoms. The summed E-state index contributed by atoms with van der Waals surface area (Å²) in [5, 5.41) is 9.65.